The second kappa shape index (κ2) is 24.8. The highest BCUT2D eigenvalue weighted by Crippen LogP contribution is 2.38. The molecule has 0 bridgehead atoms. The highest BCUT2D eigenvalue weighted by molar-refractivity contribution is 7.94. The van der Waals surface area contributed by atoms with Crippen LogP contribution in [0.5, 0.6) is 11.5 Å². The number of hydrogen-bond acceptors (Lipinski definition) is 15. The SMILES string of the molecule is O=C(NOC1CCCCO1)C1(S(=O)(=O)c2ccc(-c3ccc(OC(F)(F)C(F)F)cc3)nc2)CCOCC1.O=C(O)C(F)(F)F.O=C(O)C1(S(=O)(=O)c2ccc(-c3ccc(OC(F)(F)C(F)F)cc3)nc2)CCOCC1. The maximum atomic E-state index is 13.7. The molecular formula is C45H44F11N3O15S2. The smallest absolute Gasteiger partial charge is 0.480 e. The second-order valence-electron chi connectivity index (χ2n) is 16.4. The summed E-state index contributed by atoms with van der Waals surface area (Å²) in [7, 11) is -8.53. The lowest BCUT2D eigenvalue weighted by Crippen LogP contribution is -2.56. The van der Waals surface area contributed by atoms with Gasteiger partial charge in [-0.15, -0.1) is 0 Å². The number of carboxylic acid groups (broad SMARTS) is 2. The Morgan fingerprint density at radius 3 is 1.33 bits per heavy atom. The molecule has 1 amide bonds. The number of sulfone groups is 2. The van der Waals surface area contributed by atoms with Crippen molar-refractivity contribution < 1.29 is 118 Å². The van der Waals surface area contributed by atoms with Crippen LogP contribution >= 0.6 is 0 Å². The third kappa shape index (κ3) is 14.4. The van der Waals surface area contributed by atoms with Gasteiger partial charge in [0.25, 0.3) is 5.91 Å². The number of hydroxylamine groups is 1. The summed E-state index contributed by atoms with van der Waals surface area (Å²) in [5.41, 5.74) is 3.56. The summed E-state index contributed by atoms with van der Waals surface area (Å²) < 4.78 is 206. The lowest BCUT2D eigenvalue weighted by Gasteiger charge is -2.35. The Labute approximate surface area is 424 Å². The van der Waals surface area contributed by atoms with Gasteiger partial charge < -0.3 is 33.9 Å². The van der Waals surface area contributed by atoms with Gasteiger partial charge in [-0.05, 0) is 98.5 Å². The molecule has 0 spiro atoms. The zero-order chi connectivity index (χ0) is 56.3. The van der Waals surface area contributed by atoms with Gasteiger partial charge in [-0.1, -0.05) is 0 Å². The maximum absolute atomic E-state index is 13.7. The third-order valence-corrected chi connectivity index (χ3v) is 16.5. The molecule has 2 aromatic carbocycles. The Balaban J connectivity index is 0.000000253. The molecule has 3 aliphatic rings. The number of pyridine rings is 2. The average molecular weight is 1140 g/mol. The molecule has 0 radical (unpaired) electrons. The fourth-order valence-corrected chi connectivity index (χ4v) is 11.0. The van der Waals surface area contributed by atoms with Crippen LogP contribution in [0.3, 0.4) is 0 Å². The van der Waals surface area contributed by atoms with E-state index >= 15 is 0 Å². The standard InChI is InChI=1S/C24H26F4N2O7S.C19H17F4NO6S.C2HF3O2/c25-21(26)24(27,28)36-17-6-4-16(5-7-17)19-9-8-18(15-29-19)38(32,33)23(10-13-34-14-11-23)22(31)30-37-20-3-1-2-12-35-20;20-16(21)19(22,23)30-13-3-1-12(2-4-13)15-6-5-14(11-24-15)31(27,28)18(17(25)26)7-9-29-10-8-18;3-2(4,5)1(6)7/h4-9,15,20-21H,1-3,10-14H2,(H,30,31);1-6,11,16H,7-10H2,(H,25,26);(H,6,7). The van der Waals surface area contributed by atoms with Crippen LogP contribution in [-0.4, -0.2) is 135 Å². The normalized spacial score (nSPS) is 18.0. The Morgan fingerprint density at radius 2 is 1.00 bits per heavy atom. The number of nitrogens with one attached hydrogen (secondary N) is 1. The molecule has 76 heavy (non-hydrogen) atoms. The summed E-state index contributed by atoms with van der Waals surface area (Å²) in [4.78, 5) is 46.9. The number of rotatable bonds is 16. The van der Waals surface area contributed by atoms with Crippen molar-refractivity contribution in [1.29, 1.82) is 0 Å². The van der Waals surface area contributed by atoms with Crippen molar-refractivity contribution in [3.8, 4) is 34.0 Å². The van der Waals surface area contributed by atoms with Crippen LogP contribution in [0.1, 0.15) is 44.9 Å². The zero-order valence-electron chi connectivity index (χ0n) is 38.9. The number of carbonyl (C=O) groups is 3. The first-order chi connectivity index (χ1) is 35.5. The van der Waals surface area contributed by atoms with Gasteiger partial charge in [0.15, 0.2) is 35.5 Å². The maximum Gasteiger partial charge on any atom is 0.490 e. The predicted octanol–water partition coefficient (Wildman–Crippen LogP) is 7.91. The molecule has 3 aliphatic heterocycles. The topological polar surface area (TPSA) is 253 Å². The van der Waals surface area contributed by atoms with Crippen LogP contribution < -0.4 is 15.0 Å². The van der Waals surface area contributed by atoms with Crippen LogP contribution in [0, 0.1) is 0 Å². The number of amides is 1. The summed E-state index contributed by atoms with van der Waals surface area (Å²) in [6.45, 7) is 0.578. The van der Waals surface area contributed by atoms with Gasteiger partial charge in [-0.2, -0.15) is 48.3 Å². The second-order valence-corrected chi connectivity index (χ2v) is 20.9. The van der Waals surface area contributed by atoms with Crippen molar-refractivity contribution in [2.75, 3.05) is 33.0 Å². The van der Waals surface area contributed by atoms with E-state index in [1.54, 1.807) is 0 Å². The molecule has 2 aromatic heterocycles. The number of ether oxygens (including phenoxy) is 5. The molecular weight excluding hydrogens is 1100 g/mol. The molecule has 5 heterocycles. The number of aromatic nitrogens is 2. The van der Waals surface area contributed by atoms with E-state index in [1.807, 2.05) is 0 Å². The Kier molecular flexibility index (Phi) is 19.8. The molecule has 4 aromatic rings. The summed E-state index contributed by atoms with van der Waals surface area (Å²) in [6.07, 6.45) is -19.2. The first-order valence-electron chi connectivity index (χ1n) is 22.1. The first kappa shape index (κ1) is 60.6. The molecule has 0 aliphatic carbocycles. The third-order valence-electron chi connectivity index (χ3n) is 11.5. The number of carboxylic acids is 2. The number of benzene rings is 2. The van der Waals surface area contributed by atoms with Crippen LogP contribution in [-0.2, 0) is 53.1 Å². The van der Waals surface area contributed by atoms with Crippen molar-refractivity contribution in [3.63, 3.8) is 0 Å². The number of hydrogen-bond donors (Lipinski definition) is 3. The van der Waals surface area contributed by atoms with Crippen LogP contribution in [0.15, 0.2) is 95.0 Å². The lowest BCUT2D eigenvalue weighted by molar-refractivity contribution is -0.253. The Morgan fingerprint density at radius 1 is 0.605 bits per heavy atom. The molecule has 3 saturated heterocycles. The number of halogens is 11. The minimum atomic E-state index is -5.08. The fraction of sp³-hybridized carbons (Fsp3) is 0.444. The minimum absolute atomic E-state index is 0.00390. The molecule has 1 unspecified atom stereocenters. The quantitative estimate of drug-likeness (QED) is 0.0712. The predicted molar refractivity (Wildman–Crippen MR) is 237 cm³/mol. The van der Waals surface area contributed by atoms with Gasteiger partial charge in [-0.3, -0.25) is 19.6 Å². The lowest BCUT2D eigenvalue weighted by atomic mass is 9.98. The largest absolute Gasteiger partial charge is 0.490 e. The Hall–Kier alpha value is -6.28. The van der Waals surface area contributed by atoms with Gasteiger partial charge >= 0.3 is 43.2 Å². The molecule has 7 rings (SSSR count). The summed E-state index contributed by atoms with van der Waals surface area (Å²) >= 11 is 0. The van der Waals surface area contributed by atoms with E-state index in [2.05, 4.69) is 24.9 Å². The molecule has 3 N–H and O–H groups in total. The zero-order valence-corrected chi connectivity index (χ0v) is 40.5. The first-order valence-corrected chi connectivity index (χ1v) is 25.0. The van der Waals surface area contributed by atoms with Gasteiger partial charge in [0, 0.05) is 75.8 Å². The molecule has 18 nitrogen and oxygen atoms in total. The average Bonchev–Trinajstić information content (AvgIpc) is 3.39. The minimum Gasteiger partial charge on any atom is -0.480 e. The van der Waals surface area contributed by atoms with Gasteiger partial charge in [0.05, 0.1) is 21.2 Å². The number of alkyl halides is 11. The molecule has 1 atom stereocenters. The highest BCUT2D eigenvalue weighted by Gasteiger charge is 2.54. The van der Waals surface area contributed by atoms with Crippen LogP contribution in [0.25, 0.3) is 22.5 Å². The van der Waals surface area contributed by atoms with Gasteiger partial charge in [0.2, 0.25) is 0 Å². The van der Waals surface area contributed by atoms with Crippen molar-refractivity contribution in [3.05, 3.63) is 85.2 Å². The monoisotopic (exact) mass is 1140 g/mol. The van der Waals surface area contributed by atoms with E-state index in [1.165, 1.54) is 48.5 Å². The van der Waals surface area contributed by atoms with E-state index in [0.29, 0.717) is 24.2 Å². The van der Waals surface area contributed by atoms with E-state index in [0.717, 1.165) is 49.5 Å². The van der Waals surface area contributed by atoms with Gasteiger partial charge in [0.1, 0.15) is 11.5 Å². The molecule has 418 valence electrons. The van der Waals surface area contributed by atoms with Crippen molar-refractivity contribution in [2.45, 2.75) is 102 Å². The van der Waals surface area contributed by atoms with Crippen LogP contribution in [0.4, 0.5) is 48.3 Å². The number of carbonyl (C=O) groups excluding carboxylic acids is 1. The Bertz CT molecular complexity index is 2810. The van der Waals surface area contributed by atoms with E-state index < -0.39 is 96.0 Å². The summed E-state index contributed by atoms with van der Waals surface area (Å²) in [5, 5.41) is 16.7. The van der Waals surface area contributed by atoms with Gasteiger partial charge in [-0.25, -0.2) is 31.9 Å². The molecule has 31 heteroatoms. The van der Waals surface area contributed by atoms with E-state index in [9.17, 15) is 79.8 Å². The summed E-state index contributed by atoms with van der Waals surface area (Å²) in [6, 6.07) is 14.6. The number of aliphatic carboxylic acids is 2. The molecule has 0 saturated carbocycles. The van der Waals surface area contributed by atoms with Crippen molar-refractivity contribution in [2.24, 2.45) is 0 Å². The fourth-order valence-electron chi connectivity index (χ4n) is 7.30. The van der Waals surface area contributed by atoms with Crippen molar-refractivity contribution >= 4 is 37.5 Å². The summed E-state index contributed by atoms with van der Waals surface area (Å²) in [5.74, 6) is -6.01. The van der Waals surface area contributed by atoms with E-state index in [4.69, 9.17) is 28.9 Å². The molecule has 3 fully saturated rings. The number of nitrogens with zero attached hydrogens (tertiary/aromatic N) is 2. The highest BCUT2D eigenvalue weighted by atomic mass is 32.2. The van der Waals surface area contributed by atoms with Crippen molar-refractivity contribution in [1.82, 2.24) is 15.4 Å². The van der Waals surface area contributed by atoms with E-state index in [-0.39, 0.29) is 73.3 Å². The van der Waals surface area contributed by atoms with Crippen LogP contribution in [0.2, 0.25) is 0 Å².